The molecule has 1 aromatic heterocycles. The average molecular weight is 238 g/mol. The molecule has 1 heterocycles. The predicted molar refractivity (Wildman–Crippen MR) is 73.2 cm³/mol. The molecular weight excluding hydrogens is 220 g/mol. The molecule has 0 radical (unpaired) electrons. The number of fused-ring (bicyclic) bond motifs is 1. The van der Waals surface area contributed by atoms with Gasteiger partial charge in [0.2, 0.25) is 0 Å². The van der Waals surface area contributed by atoms with Crippen LogP contribution in [-0.4, -0.2) is 4.98 Å². The number of hydrogen-bond donors (Lipinski definition) is 1. The Bertz CT molecular complexity index is 520. The highest BCUT2D eigenvalue weighted by Crippen LogP contribution is 2.22. The molecule has 1 N–H and O–H groups in total. The quantitative estimate of drug-likeness (QED) is 0.886. The van der Waals surface area contributed by atoms with Crippen LogP contribution in [0.3, 0.4) is 0 Å². The summed E-state index contributed by atoms with van der Waals surface area (Å²) in [6.07, 6.45) is 7.56. The lowest BCUT2D eigenvalue weighted by atomic mass is 10.1. The van der Waals surface area contributed by atoms with E-state index in [-0.39, 0.29) is 0 Å². The van der Waals surface area contributed by atoms with Gasteiger partial charge >= 0.3 is 0 Å². The predicted octanol–water partition coefficient (Wildman–Crippen LogP) is 2.86. The molecule has 1 aromatic carbocycles. The molecule has 1 aliphatic carbocycles. The third-order valence-corrected chi connectivity index (χ3v) is 3.54. The molecule has 0 fully saturated rings. The van der Waals surface area contributed by atoms with Gasteiger partial charge in [0.1, 0.15) is 0 Å². The van der Waals surface area contributed by atoms with Crippen LogP contribution in [-0.2, 0) is 25.9 Å². The van der Waals surface area contributed by atoms with Crippen molar-refractivity contribution in [2.75, 3.05) is 0 Å². The fourth-order valence-electron chi connectivity index (χ4n) is 2.59. The topological polar surface area (TPSA) is 24.9 Å². The first-order valence-corrected chi connectivity index (χ1v) is 6.62. The SMILES string of the molecule is c1cncc(CNCc2ccc3c(c2)CCC3)c1. The highest BCUT2D eigenvalue weighted by Gasteiger charge is 2.10. The van der Waals surface area contributed by atoms with E-state index in [1.165, 1.54) is 30.4 Å². The zero-order chi connectivity index (χ0) is 12.2. The van der Waals surface area contributed by atoms with E-state index in [2.05, 4.69) is 34.6 Å². The van der Waals surface area contributed by atoms with Crippen molar-refractivity contribution in [3.8, 4) is 0 Å². The molecule has 0 spiro atoms. The summed E-state index contributed by atoms with van der Waals surface area (Å²) in [6, 6.07) is 11.0. The van der Waals surface area contributed by atoms with E-state index in [0.717, 1.165) is 13.1 Å². The van der Waals surface area contributed by atoms with Gasteiger partial charge in [0, 0.05) is 25.5 Å². The van der Waals surface area contributed by atoms with Gasteiger partial charge in [-0.25, -0.2) is 0 Å². The number of hydrogen-bond acceptors (Lipinski definition) is 2. The first-order chi connectivity index (χ1) is 8.92. The summed E-state index contributed by atoms with van der Waals surface area (Å²) < 4.78 is 0. The molecule has 2 heteroatoms. The lowest BCUT2D eigenvalue weighted by Crippen LogP contribution is -2.12. The molecule has 18 heavy (non-hydrogen) atoms. The Morgan fingerprint density at radius 2 is 1.89 bits per heavy atom. The Labute approximate surface area is 108 Å². The Morgan fingerprint density at radius 3 is 2.78 bits per heavy atom. The number of aromatic nitrogens is 1. The van der Waals surface area contributed by atoms with Gasteiger partial charge in [-0.2, -0.15) is 0 Å². The van der Waals surface area contributed by atoms with Gasteiger partial charge < -0.3 is 5.32 Å². The number of benzene rings is 1. The van der Waals surface area contributed by atoms with Crippen molar-refractivity contribution in [2.45, 2.75) is 32.4 Å². The maximum Gasteiger partial charge on any atom is 0.0312 e. The summed E-state index contributed by atoms with van der Waals surface area (Å²) in [6.45, 7) is 1.81. The van der Waals surface area contributed by atoms with Gasteiger partial charge in [0.15, 0.2) is 0 Å². The van der Waals surface area contributed by atoms with Crippen molar-refractivity contribution in [2.24, 2.45) is 0 Å². The zero-order valence-electron chi connectivity index (χ0n) is 10.5. The molecule has 0 bridgehead atoms. The van der Waals surface area contributed by atoms with Crippen molar-refractivity contribution in [1.29, 1.82) is 0 Å². The van der Waals surface area contributed by atoms with Crippen LogP contribution in [0.4, 0.5) is 0 Å². The van der Waals surface area contributed by atoms with Gasteiger partial charge in [-0.1, -0.05) is 24.3 Å². The van der Waals surface area contributed by atoms with Crippen LogP contribution in [0.25, 0.3) is 0 Å². The van der Waals surface area contributed by atoms with Crippen molar-refractivity contribution in [3.05, 3.63) is 65.0 Å². The molecule has 0 amide bonds. The van der Waals surface area contributed by atoms with E-state index in [9.17, 15) is 0 Å². The lowest BCUT2D eigenvalue weighted by Gasteiger charge is -2.07. The molecule has 0 aliphatic heterocycles. The standard InChI is InChI=1S/C16H18N2/c1-4-15-7-6-13(9-16(15)5-1)10-18-12-14-3-2-8-17-11-14/h2-3,6-9,11,18H,1,4-5,10,12H2. The minimum absolute atomic E-state index is 0.880. The Hall–Kier alpha value is -1.67. The first kappa shape index (κ1) is 11.4. The fraction of sp³-hybridized carbons (Fsp3) is 0.312. The van der Waals surface area contributed by atoms with Crippen LogP contribution in [0.5, 0.6) is 0 Å². The van der Waals surface area contributed by atoms with Crippen LogP contribution < -0.4 is 5.32 Å². The monoisotopic (exact) mass is 238 g/mol. The Balaban J connectivity index is 1.57. The van der Waals surface area contributed by atoms with Crippen molar-refractivity contribution >= 4 is 0 Å². The average Bonchev–Trinajstić information content (AvgIpc) is 2.87. The van der Waals surface area contributed by atoms with Crippen LogP contribution in [0, 0.1) is 0 Å². The molecule has 0 saturated heterocycles. The van der Waals surface area contributed by atoms with E-state index in [1.54, 1.807) is 11.1 Å². The van der Waals surface area contributed by atoms with E-state index < -0.39 is 0 Å². The van der Waals surface area contributed by atoms with Gasteiger partial charge in [-0.15, -0.1) is 0 Å². The second kappa shape index (κ2) is 5.32. The third-order valence-electron chi connectivity index (χ3n) is 3.54. The maximum atomic E-state index is 4.12. The van der Waals surface area contributed by atoms with E-state index >= 15 is 0 Å². The molecule has 92 valence electrons. The van der Waals surface area contributed by atoms with E-state index in [4.69, 9.17) is 0 Å². The van der Waals surface area contributed by atoms with Gasteiger partial charge in [-0.05, 0) is 47.6 Å². The number of pyridine rings is 1. The number of rotatable bonds is 4. The number of nitrogens with zero attached hydrogens (tertiary/aromatic N) is 1. The molecule has 0 atom stereocenters. The van der Waals surface area contributed by atoms with Gasteiger partial charge in [0.05, 0.1) is 0 Å². The van der Waals surface area contributed by atoms with Crippen LogP contribution >= 0.6 is 0 Å². The summed E-state index contributed by atoms with van der Waals surface area (Å²) in [7, 11) is 0. The Morgan fingerprint density at radius 1 is 1.00 bits per heavy atom. The maximum absolute atomic E-state index is 4.12. The molecular formula is C16H18N2. The zero-order valence-corrected chi connectivity index (χ0v) is 10.5. The minimum Gasteiger partial charge on any atom is -0.309 e. The third kappa shape index (κ3) is 2.59. The number of nitrogens with one attached hydrogen (secondary N) is 1. The second-order valence-corrected chi connectivity index (χ2v) is 4.92. The second-order valence-electron chi connectivity index (χ2n) is 4.92. The van der Waals surface area contributed by atoms with Gasteiger partial charge in [-0.3, -0.25) is 4.98 Å². The van der Waals surface area contributed by atoms with E-state index in [0.29, 0.717) is 0 Å². The summed E-state index contributed by atoms with van der Waals surface area (Å²) >= 11 is 0. The summed E-state index contributed by atoms with van der Waals surface area (Å²) in [4.78, 5) is 4.12. The molecule has 3 rings (SSSR count). The molecule has 0 saturated carbocycles. The van der Waals surface area contributed by atoms with Crippen molar-refractivity contribution in [3.63, 3.8) is 0 Å². The van der Waals surface area contributed by atoms with Crippen molar-refractivity contribution in [1.82, 2.24) is 10.3 Å². The Kier molecular flexibility index (Phi) is 3.37. The van der Waals surface area contributed by atoms with Crippen LogP contribution in [0.15, 0.2) is 42.7 Å². The molecule has 2 aromatic rings. The lowest BCUT2D eigenvalue weighted by molar-refractivity contribution is 0.691. The summed E-state index contributed by atoms with van der Waals surface area (Å²) in [5.41, 5.74) is 5.72. The minimum atomic E-state index is 0.880. The smallest absolute Gasteiger partial charge is 0.0312 e. The largest absolute Gasteiger partial charge is 0.309 e. The number of aryl methyl sites for hydroxylation is 2. The van der Waals surface area contributed by atoms with E-state index in [1.807, 2.05) is 18.5 Å². The molecule has 1 aliphatic rings. The van der Waals surface area contributed by atoms with Crippen LogP contribution in [0.1, 0.15) is 28.7 Å². The first-order valence-electron chi connectivity index (χ1n) is 6.62. The summed E-state index contributed by atoms with van der Waals surface area (Å²) in [5, 5.41) is 3.47. The highest BCUT2D eigenvalue weighted by molar-refractivity contribution is 5.35. The molecule has 2 nitrogen and oxygen atoms in total. The molecule has 0 unspecified atom stereocenters. The van der Waals surface area contributed by atoms with Crippen molar-refractivity contribution < 1.29 is 0 Å². The fourth-order valence-corrected chi connectivity index (χ4v) is 2.59. The van der Waals surface area contributed by atoms with Crippen LogP contribution in [0.2, 0.25) is 0 Å². The normalized spacial score (nSPS) is 13.6. The van der Waals surface area contributed by atoms with Gasteiger partial charge in [0.25, 0.3) is 0 Å². The summed E-state index contributed by atoms with van der Waals surface area (Å²) in [5.74, 6) is 0. The highest BCUT2D eigenvalue weighted by atomic mass is 14.8.